The molecule has 1 unspecified atom stereocenters. The van der Waals surface area contributed by atoms with Crippen LogP contribution in [0.4, 0.5) is 5.13 Å². The summed E-state index contributed by atoms with van der Waals surface area (Å²) in [5, 5.41) is 3.58. The minimum Gasteiger partial charge on any atom is -0.375 e. The Balaban J connectivity index is 1.63. The largest absolute Gasteiger partial charge is 0.375 e. The molecule has 5 nitrogen and oxygen atoms in total. The lowest BCUT2D eigenvalue weighted by Crippen LogP contribution is -2.28. The number of nitrogen functional groups attached to an aromatic ring is 1. The van der Waals surface area contributed by atoms with Crippen molar-refractivity contribution in [1.29, 1.82) is 0 Å². The number of thiazole rings is 1. The van der Waals surface area contributed by atoms with E-state index in [9.17, 15) is 4.79 Å². The number of anilines is 1. The number of rotatable bonds is 2. The van der Waals surface area contributed by atoms with E-state index in [0.717, 1.165) is 32.6 Å². The molecule has 1 amide bonds. The number of aromatic nitrogens is 1. The highest BCUT2D eigenvalue weighted by Gasteiger charge is 2.43. The van der Waals surface area contributed by atoms with E-state index in [2.05, 4.69) is 15.2 Å². The van der Waals surface area contributed by atoms with E-state index < -0.39 is 0 Å². The zero-order valence-corrected chi connectivity index (χ0v) is 10.4. The molecule has 3 heterocycles. The van der Waals surface area contributed by atoms with Crippen molar-refractivity contribution >= 4 is 22.4 Å². The van der Waals surface area contributed by atoms with Gasteiger partial charge in [0.1, 0.15) is 0 Å². The lowest BCUT2D eigenvalue weighted by atomic mass is 9.86. The Morgan fingerprint density at radius 3 is 3.18 bits per heavy atom. The second-order valence-corrected chi connectivity index (χ2v) is 6.23. The smallest absolute Gasteiger partial charge is 0.220 e. The fraction of sp³-hybridized carbons (Fsp3) is 0.636. The first-order chi connectivity index (χ1) is 8.15. The minimum atomic E-state index is 0.188. The molecule has 0 saturated carbocycles. The first-order valence-corrected chi connectivity index (χ1v) is 6.66. The third kappa shape index (κ3) is 2.14. The zero-order valence-electron chi connectivity index (χ0n) is 9.61. The van der Waals surface area contributed by atoms with Gasteiger partial charge in [0, 0.05) is 42.5 Å². The van der Waals surface area contributed by atoms with Crippen LogP contribution in [0.25, 0.3) is 0 Å². The van der Waals surface area contributed by atoms with Crippen LogP contribution in [0.15, 0.2) is 6.20 Å². The Hall–Kier alpha value is -1.14. The Kier molecular flexibility index (Phi) is 2.56. The third-order valence-electron chi connectivity index (χ3n) is 3.66. The molecule has 1 atom stereocenters. The molecule has 2 saturated heterocycles. The summed E-state index contributed by atoms with van der Waals surface area (Å²) < 4.78 is 0. The zero-order chi connectivity index (χ0) is 11.9. The molecular formula is C11H16N4OS. The monoisotopic (exact) mass is 252 g/mol. The molecule has 17 heavy (non-hydrogen) atoms. The molecule has 1 aromatic rings. The van der Waals surface area contributed by atoms with Gasteiger partial charge in [0.25, 0.3) is 0 Å². The van der Waals surface area contributed by atoms with Gasteiger partial charge >= 0.3 is 0 Å². The summed E-state index contributed by atoms with van der Waals surface area (Å²) in [4.78, 5) is 19.0. The Bertz CT molecular complexity index is 446. The standard InChI is InChI=1S/C11H16N4OS/c12-10-13-4-8(17-10)5-15-2-1-11(7-15)3-9(16)14-6-11/h4H,1-3,5-7H2,(H2,12,13)(H,14,16). The van der Waals surface area contributed by atoms with E-state index in [4.69, 9.17) is 5.73 Å². The summed E-state index contributed by atoms with van der Waals surface area (Å²) >= 11 is 1.55. The summed E-state index contributed by atoms with van der Waals surface area (Å²) in [6.45, 7) is 3.81. The van der Waals surface area contributed by atoms with E-state index in [1.807, 2.05) is 6.20 Å². The molecule has 6 heteroatoms. The number of hydrogen-bond donors (Lipinski definition) is 2. The van der Waals surface area contributed by atoms with Crippen molar-refractivity contribution in [2.45, 2.75) is 19.4 Å². The SMILES string of the molecule is Nc1ncc(CN2CCC3(CNC(=O)C3)C2)s1. The lowest BCUT2D eigenvalue weighted by molar-refractivity contribution is -0.119. The number of nitrogens with two attached hydrogens (primary N) is 1. The average molecular weight is 252 g/mol. The van der Waals surface area contributed by atoms with Gasteiger partial charge in [-0.25, -0.2) is 4.98 Å². The second kappa shape index (κ2) is 3.96. The maximum Gasteiger partial charge on any atom is 0.220 e. The van der Waals surface area contributed by atoms with Crippen molar-refractivity contribution in [1.82, 2.24) is 15.2 Å². The van der Waals surface area contributed by atoms with Crippen LogP contribution in [-0.2, 0) is 11.3 Å². The van der Waals surface area contributed by atoms with Crippen LogP contribution < -0.4 is 11.1 Å². The number of likely N-dealkylation sites (tertiary alicyclic amines) is 1. The Morgan fingerprint density at radius 1 is 1.65 bits per heavy atom. The van der Waals surface area contributed by atoms with Crippen molar-refractivity contribution in [3.05, 3.63) is 11.1 Å². The van der Waals surface area contributed by atoms with Gasteiger partial charge < -0.3 is 11.1 Å². The van der Waals surface area contributed by atoms with Crippen molar-refractivity contribution in [3.8, 4) is 0 Å². The topological polar surface area (TPSA) is 71.2 Å². The number of nitrogens with zero attached hydrogens (tertiary/aromatic N) is 2. The molecule has 0 radical (unpaired) electrons. The van der Waals surface area contributed by atoms with Crippen LogP contribution in [0.5, 0.6) is 0 Å². The normalized spacial score (nSPS) is 29.1. The van der Waals surface area contributed by atoms with Crippen LogP contribution in [0.3, 0.4) is 0 Å². The van der Waals surface area contributed by atoms with E-state index in [1.165, 1.54) is 4.88 Å². The van der Waals surface area contributed by atoms with Crippen LogP contribution in [-0.4, -0.2) is 35.4 Å². The second-order valence-electron chi connectivity index (χ2n) is 5.08. The average Bonchev–Trinajstić information content (AvgIpc) is 2.94. The first-order valence-electron chi connectivity index (χ1n) is 5.85. The fourth-order valence-corrected chi connectivity index (χ4v) is 3.55. The number of nitrogens with one attached hydrogen (secondary N) is 1. The molecule has 3 rings (SSSR count). The minimum absolute atomic E-state index is 0.188. The highest BCUT2D eigenvalue weighted by Crippen LogP contribution is 2.37. The first kappa shape index (κ1) is 11.0. The molecule has 0 aliphatic carbocycles. The quantitative estimate of drug-likeness (QED) is 0.801. The fourth-order valence-electron chi connectivity index (χ4n) is 2.82. The predicted molar refractivity (Wildman–Crippen MR) is 66.5 cm³/mol. The summed E-state index contributed by atoms with van der Waals surface area (Å²) in [6, 6.07) is 0. The van der Waals surface area contributed by atoms with Gasteiger partial charge in [-0.1, -0.05) is 0 Å². The molecular weight excluding hydrogens is 236 g/mol. The maximum absolute atomic E-state index is 11.3. The summed E-state index contributed by atoms with van der Waals surface area (Å²) in [5.41, 5.74) is 5.81. The van der Waals surface area contributed by atoms with Crippen LogP contribution in [0, 0.1) is 5.41 Å². The van der Waals surface area contributed by atoms with E-state index in [1.54, 1.807) is 11.3 Å². The highest BCUT2D eigenvalue weighted by atomic mass is 32.1. The van der Waals surface area contributed by atoms with Crippen LogP contribution in [0.1, 0.15) is 17.7 Å². The molecule has 92 valence electrons. The van der Waals surface area contributed by atoms with Crippen molar-refractivity contribution in [3.63, 3.8) is 0 Å². The molecule has 1 spiro atoms. The molecule has 2 aliphatic heterocycles. The molecule has 3 N–H and O–H groups in total. The van der Waals surface area contributed by atoms with E-state index in [-0.39, 0.29) is 11.3 Å². The predicted octanol–water partition coefficient (Wildman–Crippen LogP) is 0.437. The Labute approximate surface area is 104 Å². The summed E-state index contributed by atoms with van der Waals surface area (Å²) in [6.07, 6.45) is 3.65. The van der Waals surface area contributed by atoms with Gasteiger partial charge in [-0.2, -0.15) is 0 Å². The Morgan fingerprint density at radius 2 is 2.53 bits per heavy atom. The van der Waals surface area contributed by atoms with E-state index in [0.29, 0.717) is 11.6 Å². The number of carbonyl (C=O) groups is 1. The highest BCUT2D eigenvalue weighted by molar-refractivity contribution is 7.15. The van der Waals surface area contributed by atoms with Crippen LogP contribution >= 0.6 is 11.3 Å². The van der Waals surface area contributed by atoms with E-state index >= 15 is 0 Å². The van der Waals surface area contributed by atoms with Crippen molar-refractivity contribution in [2.24, 2.45) is 5.41 Å². The van der Waals surface area contributed by atoms with Gasteiger partial charge in [-0.15, -0.1) is 11.3 Å². The van der Waals surface area contributed by atoms with Gasteiger partial charge in [0.05, 0.1) is 0 Å². The number of hydrogen-bond acceptors (Lipinski definition) is 5. The van der Waals surface area contributed by atoms with Gasteiger partial charge in [0.2, 0.25) is 5.91 Å². The van der Waals surface area contributed by atoms with Gasteiger partial charge in [0.15, 0.2) is 5.13 Å². The molecule has 1 aromatic heterocycles. The summed E-state index contributed by atoms with van der Waals surface area (Å²) in [7, 11) is 0. The van der Waals surface area contributed by atoms with Crippen molar-refractivity contribution in [2.75, 3.05) is 25.4 Å². The van der Waals surface area contributed by atoms with Crippen LogP contribution in [0.2, 0.25) is 0 Å². The summed E-state index contributed by atoms with van der Waals surface area (Å²) in [5.74, 6) is 0.203. The molecule has 0 aromatic carbocycles. The molecule has 2 fully saturated rings. The number of amides is 1. The number of carbonyl (C=O) groups excluding carboxylic acids is 1. The molecule has 0 bridgehead atoms. The van der Waals surface area contributed by atoms with Gasteiger partial charge in [-0.3, -0.25) is 9.69 Å². The maximum atomic E-state index is 11.3. The third-order valence-corrected chi connectivity index (χ3v) is 4.48. The lowest BCUT2D eigenvalue weighted by Gasteiger charge is -2.21. The van der Waals surface area contributed by atoms with Gasteiger partial charge in [-0.05, 0) is 13.0 Å². The van der Waals surface area contributed by atoms with Crippen molar-refractivity contribution < 1.29 is 4.79 Å². The molecule has 2 aliphatic rings.